The molecule has 0 aliphatic heterocycles. The van der Waals surface area contributed by atoms with Crippen LogP contribution in [0.3, 0.4) is 0 Å². The monoisotopic (exact) mass is 305 g/mol. The van der Waals surface area contributed by atoms with Gasteiger partial charge in [0.15, 0.2) is 0 Å². The van der Waals surface area contributed by atoms with Crippen molar-refractivity contribution in [2.75, 3.05) is 18.5 Å². The van der Waals surface area contributed by atoms with E-state index in [9.17, 15) is 18.0 Å². The molecule has 0 aromatic carbocycles. The van der Waals surface area contributed by atoms with Gasteiger partial charge in [0.2, 0.25) is 0 Å². The van der Waals surface area contributed by atoms with Crippen molar-refractivity contribution < 1.29 is 23.1 Å². The van der Waals surface area contributed by atoms with Crippen LogP contribution in [0.5, 0.6) is 0 Å². The number of carbonyl (C=O) groups excluding carboxylic acids is 1. The maximum Gasteiger partial charge on any atom is 0.433 e. The van der Waals surface area contributed by atoms with Crippen molar-refractivity contribution in [1.82, 2.24) is 4.98 Å². The second kappa shape index (κ2) is 6.30. The Balaban J connectivity index is 3.05. The van der Waals surface area contributed by atoms with Gasteiger partial charge in [0, 0.05) is 13.2 Å². The molecule has 0 spiro atoms. The van der Waals surface area contributed by atoms with E-state index in [2.05, 4.69) is 10.3 Å². The Bertz CT molecular complexity index is 516. The van der Waals surface area contributed by atoms with E-state index in [-0.39, 0.29) is 29.9 Å². The van der Waals surface area contributed by atoms with Crippen LogP contribution in [-0.2, 0) is 6.18 Å². The summed E-state index contributed by atoms with van der Waals surface area (Å²) < 4.78 is 38.0. The van der Waals surface area contributed by atoms with Crippen LogP contribution in [0.15, 0.2) is 12.1 Å². The average Bonchev–Trinajstić information content (AvgIpc) is 2.34. The Morgan fingerprint density at radius 3 is 2.48 bits per heavy atom. The van der Waals surface area contributed by atoms with Crippen molar-refractivity contribution in [3.8, 4) is 0 Å². The predicted molar refractivity (Wildman–Crippen MR) is 71.7 cm³/mol. The van der Waals surface area contributed by atoms with Crippen molar-refractivity contribution in [3.05, 3.63) is 23.4 Å². The molecule has 0 aliphatic rings. The van der Waals surface area contributed by atoms with E-state index < -0.39 is 17.8 Å². The molecule has 1 rings (SSSR count). The van der Waals surface area contributed by atoms with Crippen molar-refractivity contribution in [2.24, 2.45) is 11.1 Å². The largest absolute Gasteiger partial charge is 0.433 e. The second-order valence-corrected chi connectivity index (χ2v) is 5.45. The molecule has 0 bridgehead atoms. The predicted octanol–water partition coefficient (Wildman–Crippen LogP) is 2.02. The van der Waals surface area contributed by atoms with Crippen LogP contribution >= 0.6 is 0 Å². The number of aromatic nitrogens is 1. The number of anilines is 1. The molecular formula is C13H18F3N3O2. The van der Waals surface area contributed by atoms with E-state index in [1.807, 2.05) is 13.8 Å². The molecule has 118 valence electrons. The topological polar surface area (TPSA) is 88.2 Å². The highest BCUT2D eigenvalue weighted by Crippen LogP contribution is 2.30. The van der Waals surface area contributed by atoms with Gasteiger partial charge in [-0.1, -0.05) is 13.8 Å². The second-order valence-electron chi connectivity index (χ2n) is 5.45. The summed E-state index contributed by atoms with van der Waals surface area (Å²) in [6.07, 6.45) is -4.15. The van der Waals surface area contributed by atoms with E-state index in [0.29, 0.717) is 12.5 Å². The Kier molecular flexibility index (Phi) is 5.16. The number of rotatable bonds is 6. The average molecular weight is 305 g/mol. The Morgan fingerprint density at radius 1 is 1.38 bits per heavy atom. The standard InChI is InChI=1S/C13H18F3N3O2/c1-12(2,5-6-20)7-18-11-8(10(17)21)3-4-9(19-11)13(14,15)16/h3-4,20H,5-7H2,1-2H3,(H2,17,21)(H,18,19). The number of hydrogen-bond donors (Lipinski definition) is 3. The van der Waals surface area contributed by atoms with E-state index in [4.69, 9.17) is 10.8 Å². The van der Waals surface area contributed by atoms with Crippen molar-refractivity contribution in [3.63, 3.8) is 0 Å². The summed E-state index contributed by atoms with van der Waals surface area (Å²) >= 11 is 0. The third kappa shape index (κ3) is 4.89. The third-order valence-corrected chi connectivity index (χ3v) is 2.97. The van der Waals surface area contributed by atoms with Gasteiger partial charge in [0.05, 0.1) is 5.56 Å². The first kappa shape index (κ1) is 17.2. The van der Waals surface area contributed by atoms with Gasteiger partial charge in [0.1, 0.15) is 11.5 Å². The Morgan fingerprint density at radius 2 is 2.00 bits per heavy atom. The highest BCUT2D eigenvalue weighted by Gasteiger charge is 2.33. The lowest BCUT2D eigenvalue weighted by molar-refractivity contribution is -0.141. The number of aliphatic hydroxyl groups is 1. The molecule has 0 fully saturated rings. The van der Waals surface area contributed by atoms with Gasteiger partial charge in [-0.15, -0.1) is 0 Å². The highest BCUT2D eigenvalue weighted by atomic mass is 19.4. The van der Waals surface area contributed by atoms with E-state index in [1.165, 1.54) is 0 Å². The summed E-state index contributed by atoms with van der Waals surface area (Å²) in [7, 11) is 0. The number of carbonyl (C=O) groups is 1. The van der Waals surface area contributed by atoms with Gasteiger partial charge in [-0.05, 0) is 24.0 Å². The molecule has 1 amide bonds. The minimum atomic E-state index is -4.60. The summed E-state index contributed by atoms with van der Waals surface area (Å²) in [6.45, 7) is 3.84. The fraction of sp³-hybridized carbons (Fsp3) is 0.538. The molecule has 1 heterocycles. The SMILES string of the molecule is CC(C)(CCO)CNc1nc(C(F)(F)F)ccc1C(N)=O. The number of nitrogens with two attached hydrogens (primary N) is 1. The molecular weight excluding hydrogens is 287 g/mol. The molecule has 1 aromatic rings. The maximum absolute atomic E-state index is 12.7. The zero-order chi connectivity index (χ0) is 16.3. The number of nitrogens with zero attached hydrogens (tertiary/aromatic N) is 1. The molecule has 0 saturated carbocycles. The summed E-state index contributed by atoms with van der Waals surface area (Å²) in [5, 5.41) is 11.6. The highest BCUT2D eigenvalue weighted by molar-refractivity contribution is 5.97. The Hall–Kier alpha value is -1.83. The lowest BCUT2D eigenvalue weighted by Crippen LogP contribution is -2.26. The van der Waals surface area contributed by atoms with Crippen LogP contribution in [0, 0.1) is 5.41 Å². The quantitative estimate of drug-likeness (QED) is 0.750. The molecule has 5 nitrogen and oxygen atoms in total. The van der Waals surface area contributed by atoms with E-state index >= 15 is 0 Å². The van der Waals surface area contributed by atoms with Gasteiger partial charge in [-0.3, -0.25) is 4.79 Å². The minimum Gasteiger partial charge on any atom is -0.396 e. The molecule has 8 heteroatoms. The van der Waals surface area contributed by atoms with Crippen LogP contribution in [0.4, 0.5) is 19.0 Å². The van der Waals surface area contributed by atoms with Crippen molar-refractivity contribution in [1.29, 1.82) is 0 Å². The van der Waals surface area contributed by atoms with Crippen LogP contribution < -0.4 is 11.1 Å². The summed E-state index contributed by atoms with van der Waals surface area (Å²) in [5.41, 5.74) is 3.55. The lowest BCUT2D eigenvalue weighted by Gasteiger charge is -2.25. The van der Waals surface area contributed by atoms with Crippen LogP contribution in [0.1, 0.15) is 36.3 Å². The number of amides is 1. The molecule has 1 aromatic heterocycles. The van der Waals surface area contributed by atoms with E-state index in [1.54, 1.807) is 0 Å². The smallest absolute Gasteiger partial charge is 0.396 e. The van der Waals surface area contributed by atoms with Crippen LogP contribution in [0.2, 0.25) is 0 Å². The first-order chi connectivity index (χ1) is 9.57. The number of hydrogen-bond acceptors (Lipinski definition) is 4. The van der Waals surface area contributed by atoms with Crippen molar-refractivity contribution >= 4 is 11.7 Å². The molecule has 0 unspecified atom stereocenters. The first-order valence-electron chi connectivity index (χ1n) is 6.29. The minimum absolute atomic E-state index is 0.0482. The zero-order valence-electron chi connectivity index (χ0n) is 11.8. The Labute approximate surface area is 120 Å². The molecule has 0 aliphatic carbocycles. The number of halogens is 3. The molecule has 21 heavy (non-hydrogen) atoms. The number of primary amides is 1. The summed E-state index contributed by atoms with van der Waals surface area (Å²) in [4.78, 5) is 14.7. The zero-order valence-corrected chi connectivity index (χ0v) is 11.8. The summed E-state index contributed by atoms with van der Waals surface area (Å²) in [6, 6.07) is 1.71. The van der Waals surface area contributed by atoms with Crippen molar-refractivity contribution in [2.45, 2.75) is 26.4 Å². The number of aliphatic hydroxyl groups excluding tert-OH is 1. The van der Waals surface area contributed by atoms with Gasteiger partial charge >= 0.3 is 6.18 Å². The fourth-order valence-corrected chi connectivity index (χ4v) is 1.66. The number of nitrogens with one attached hydrogen (secondary N) is 1. The fourth-order valence-electron chi connectivity index (χ4n) is 1.66. The van der Waals surface area contributed by atoms with E-state index in [0.717, 1.165) is 6.07 Å². The van der Waals surface area contributed by atoms with Gasteiger partial charge < -0.3 is 16.2 Å². The first-order valence-corrected chi connectivity index (χ1v) is 6.29. The van der Waals surface area contributed by atoms with Crippen LogP contribution in [0.25, 0.3) is 0 Å². The maximum atomic E-state index is 12.7. The molecule has 0 radical (unpaired) electrons. The summed E-state index contributed by atoms with van der Waals surface area (Å²) in [5.74, 6) is -1.07. The number of pyridine rings is 1. The third-order valence-electron chi connectivity index (χ3n) is 2.97. The number of alkyl halides is 3. The van der Waals surface area contributed by atoms with Gasteiger partial charge in [0.25, 0.3) is 5.91 Å². The van der Waals surface area contributed by atoms with Gasteiger partial charge in [-0.25, -0.2) is 4.98 Å². The normalized spacial score (nSPS) is 12.3. The molecule has 4 N–H and O–H groups in total. The lowest BCUT2D eigenvalue weighted by atomic mass is 9.90. The molecule has 0 saturated heterocycles. The molecule has 0 atom stereocenters. The van der Waals surface area contributed by atoms with Gasteiger partial charge in [-0.2, -0.15) is 13.2 Å². The van der Waals surface area contributed by atoms with Crippen LogP contribution in [-0.4, -0.2) is 29.1 Å².